The molecule has 0 radical (unpaired) electrons. The molecule has 3 atom stereocenters. The average Bonchev–Trinajstić information content (AvgIpc) is 2.36. The van der Waals surface area contributed by atoms with Gasteiger partial charge in [0.25, 0.3) is 0 Å². The van der Waals surface area contributed by atoms with Crippen LogP contribution in [0.25, 0.3) is 0 Å². The van der Waals surface area contributed by atoms with Gasteiger partial charge in [0.05, 0.1) is 13.2 Å². The van der Waals surface area contributed by atoms with Crippen LogP contribution in [0, 0.1) is 0 Å². The van der Waals surface area contributed by atoms with Crippen molar-refractivity contribution >= 4 is 22.8 Å². The summed E-state index contributed by atoms with van der Waals surface area (Å²) in [6, 6.07) is -1.50. The van der Waals surface area contributed by atoms with Gasteiger partial charge in [-0.05, 0) is 13.3 Å². The molecular weight excluding hydrogens is 272 g/mol. The molecule has 8 heteroatoms. The Bertz CT molecular complexity index is 363. The second kappa shape index (κ2) is 7.44. The molecule has 2 amide bonds. The van der Waals surface area contributed by atoms with Gasteiger partial charge in [-0.25, -0.2) is 9.59 Å². The smallest absolute Gasteiger partial charge is 0.328 e. The molecule has 0 aromatic rings. The molecule has 1 heterocycles. The van der Waals surface area contributed by atoms with Crippen LogP contribution in [0.4, 0.5) is 4.79 Å². The number of carbonyl (C=O) groups is 2. The summed E-state index contributed by atoms with van der Waals surface area (Å²) in [6.07, 6.45) is 2.20. The Morgan fingerprint density at radius 3 is 2.84 bits per heavy atom. The first-order valence-electron chi connectivity index (χ1n) is 6.09. The highest BCUT2D eigenvalue weighted by Crippen LogP contribution is 2.08. The molecular formula is C11H20N2O5S. The van der Waals surface area contributed by atoms with E-state index in [2.05, 4.69) is 5.32 Å². The number of carbonyl (C=O) groups excluding carboxylic acids is 1. The Morgan fingerprint density at radius 2 is 2.26 bits per heavy atom. The predicted octanol–water partition coefficient (Wildman–Crippen LogP) is -0.361. The monoisotopic (exact) mass is 292 g/mol. The highest BCUT2D eigenvalue weighted by atomic mass is 32.2. The number of hydrogen-bond acceptors (Lipinski definition) is 4. The summed E-state index contributed by atoms with van der Waals surface area (Å²) in [5, 5.41) is 11.7. The van der Waals surface area contributed by atoms with Gasteiger partial charge >= 0.3 is 12.0 Å². The number of ether oxygens (including phenoxy) is 1. The van der Waals surface area contributed by atoms with E-state index in [1.54, 1.807) is 13.2 Å². The zero-order valence-corrected chi connectivity index (χ0v) is 11.9. The number of rotatable bonds is 5. The first kappa shape index (κ1) is 15.9. The number of carboxylic acids is 1. The third kappa shape index (κ3) is 5.15. The molecule has 1 rings (SSSR count). The molecule has 1 aliphatic rings. The maximum Gasteiger partial charge on any atom is 0.328 e. The predicted molar refractivity (Wildman–Crippen MR) is 70.5 cm³/mol. The summed E-state index contributed by atoms with van der Waals surface area (Å²) in [5.74, 6) is -0.565. The van der Waals surface area contributed by atoms with Gasteiger partial charge in [-0.15, -0.1) is 0 Å². The SMILES string of the molecule is CC(CCS(C)=O)NC(=O)N1CCOCC1C(=O)O. The zero-order valence-electron chi connectivity index (χ0n) is 11.1. The molecule has 19 heavy (non-hydrogen) atoms. The highest BCUT2D eigenvalue weighted by Gasteiger charge is 2.33. The molecule has 1 fully saturated rings. The van der Waals surface area contributed by atoms with Crippen molar-refractivity contribution in [1.82, 2.24) is 10.2 Å². The number of amides is 2. The molecule has 0 bridgehead atoms. The summed E-state index contributed by atoms with van der Waals surface area (Å²) < 4.78 is 16.0. The van der Waals surface area contributed by atoms with Gasteiger partial charge in [0.15, 0.2) is 6.04 Å². The lowest BCUT2D eigenvalue weighted by Crippen LogP contribution is -2.56. The van der Waals surface area contributed by atoms with Gasteiger partial charge in [-0.2, -0.15) is 0 Å². The van der Waals surface area contributed by atoms with Crippen LogP contribution in [-0.4, -0.2) is 70.1 Å². The van der Waals surface area contributed by atoms with Crippen LogP contribution in [-0.2, 0) is 20.3 Å². The molecule has 1 aliphatic heterocycles. The third-order valence-electron chi connectivity index (χ3n) is 2.88. The molecule has 0 aromatic carbocycles. The Labute approximate surface area is 114 Å². The van der Waals surface area contributed by atoms with Gasteiger partial charge in [0.1, 0.15) is 0 Å². The van der Waals surface area contributed by atoms with E-state index in [9.17, 15) is 13.8 Å². The molecule has 0 spiro atoms. The molecule has 3 unspecified atom stereocenters. The quantitative estimate of drug-likeness (QED) is 0.721. The van der Waals surface area contributed by atoms with E-state index in [4.69, 9.17) is 9.84 Å². The van der Waals surface area contributed by atoms with E-state index in [-0.39, 0.29) is 19.2 Å². The Morgan fingerprint density at radius 1 is 1.58 bits per heavy atom. The average molecular weight is 292 g/mol. The number of aliphatic carboxylic acids is 1. The number of morpholine rings is 1. The normalized spacial score (nSPS) is 22.6. The third-order valence-corrected chi connectivity index (χ3v) is 3.69. The van der Waals surface area contributed by atoms with Gasteiger partial charge in [0, 0.05) is 35.4 Å². The Balaban J connectivity index is 2.50. The fraction of sp³-hybridized carbons (Fsp3) is 0.818. The Kier molecular flexibility index (Phi) is 6.23. The summed E-state index contributed by atoms with van der Waals surface area (Å²) in [5.41, 5.74) is 0. The van der Waals surface area contributed by atoms with Crippen LogP contribution >= 0.6 is 0 Å². The van der Waals surface area contributed by atoms with Crippen molar-refractivity contribution in [2.75, 3.05) is 31.8 Å². The lowest BCUT2D eigenvalue weighted by atomic mass is 10.2. The van der Waals surface area contributed by atoms with Gasteiger partial charge in [-0.1, -0.05) is 0 Å². The molecule has 2 N–H and O–H groups in total. The standard InChI is InChI=1S/C11H20N2O5S/c1-8(3-6-19(2)17)12-11(16)13-4-5-18-7-9(13)10(14)15/h8-9H,3-7H2,1-2H3,(H,12,16)(H,14,15). The van der Waals surface area contributed by atoms with Crippen molar-refractivity contribution in [1.29, 1.82) is 0 Å². The van der Waals surface area contributed by atoms with Crippen molar-refractivity contribution < 1.29 is 23.6 Å². The Hall–Kier alpha value is -1.15. The van der Waals surface area contributed by atoms with Crippen LogP contribution < -0.4 is 5.32 Å². The first-order chi connectivity index (χ1) is 8.91. The van der Waals surface area contributed by atoms with Crippen molar-refractivity contribution in [3.63, 3.8) is 0 Å². The number of urea groups is 1. The summed E-state index contributed by atoms with van der Waals surface area (Å²) >= 11 is 0. The van der Waals surface area contributed by atoms with Crippen molar-refractivity contribution in [3.05, 3.63) is 0 Å². The van der Waals surface area contributed by atoms with Crippen LogP contribution in [0.5, 0.6) is 0 Å². The summed E-state index contributed by atoms with van der Waals surface area (Å²) in [4.78, 5) is 24.3. The topological polar surface area (TPSA) is 95.9 Å². The molecule has 0 saturated carbocycles. The molecule has 0 aromatic heterocycles. The maximum atomic E-state index is 12.0. The van der Waals surface area contributed by atoms with E-state index in [0.717, 1.165) is 0 Å². The van der Waals surface area contributed by atoms with E-state index in [0.29, 0.717) is 18.8 Å². The van der Waals surface area contributed by atoms with Gasteiger partial charge < -0.3 is 20.1 Å². The van der Waals surface area contributed by atoms with Crippen molar-refractivity contribution in [2.45, 2.75) is 25.4 Å². The molecule has 0 aliphatic carbocycles. The minimum atomic E-state index is -1.07. The van der Waals surface area contributed by atoms with Crippen LogP contribution in [0.15, 0.2) is 0 Å². The number of nitrogens with zero attached hydrogens (tertiary/aromatic N) is 1. The van der Waals surface area contributed by atoms with E-state index in [1.165, 1.54) is 4.90 Å². The minimum Gasteiger partial charge on any atom is -0.480 e. The minimum absolute atomic E-state index is 0.0100. The zero-order chi connectivity index (χ0) is 14.4. The van der Waals surface area contributed by atoms with Crippen LogP contribution in [0.2, 0.25) is 0 Å². The number of nitrogens with one attached hydrogen (secondary N) is 1. The molecule has 110 valence electrons. The van der Waals surface area contributed by atoms with Gasteiger partial charge in [-0.3, -0.25) is 4.21 Å². The molecule has 7 nitrogen and oxygen atoms in total. The van der Waals surface area contributed by atoms with Crippen molar-refractivity contribution in [2.24, 2.45) is 0 Å². The van der Waals surface area contributed by atoms with Crippen molar-refractivity contribution in [3.8, 4) is 0 Å². The fourth-order valence-electron chi connectivity index (χ4n) is 1.76. The van der Waals surface area contributed by atoms with Crippen LogP contribution in [0.1, 0.15) is 13.3 Å². The largest absolute Gasteiger partial charge is 0.480 e. The maximum absolute atomic E-state index is 12.0. The summed E-state index contributed by atoms with van der Waals surface area (Å²) in [7, 11) is -0.899. The number of carboxylic acid groups (broad SMARTS) is 1. The molecule has 1 saturated heterocycles. The summed E-state index contributed by atoms with van der Waals surface area (Å²) in [6.45, 7) is 2.41. The van der Waals surface area contributed by atoms with E-state index < -0.39 is 28.8 Å². The second-order valence-corrected chi connectivity index (χ2v) is 6.09. The van der Waals surface area contributed by atoms with Gasteiger partial charge in [0.2, 0.25) is 0 Å². The van der Waals surface area contributed by atoms with E-state index in [1.807, 2.05) is 0 Å². The highest BCUT2D eigenvalue weighted by molar-refractivity contribution is 7.84. The van der Waals surface area contributed by atoms with Crippen LogP contribution in [0.3, 0.4) is 0 Å². The fourth-order valence-corrected chi connectivity index (χ4v) is 2.45. The van der Waals surface area contributed by atoms with E-state index >= 15 is 0 Å². The lowest BCUT2D eigenvalue weighted by Gasteiger charge is -2.33. The first-order valence-corrected chi connectivity index (χ1v) is 7.82. The number of hydrogen-bond donors (Lipinski definition) is 2. The lowest BCUT2D eigenvalue weighted by molar-refractivity contribution is -0.147. The second-order valence-electron chi connectivity index (χ2n) is 4.54.